The summed E-state index contributed by atoms with van der Waals surface area (Å²) in [6.07, 6.45) is 2.87. The number of ether oxygens (including phenoxy) is 4. The molecule has 3 aromatic rings. The van der Waals surface area contributed by atoms with Gasteiger partial charge in [-0.15, -0.1) is 0 Å². The number of nitrogens with one attached hydrogen (secondary N) is 1. The van der Waals surface area contributed by atoms with E-state index >= 15 is 0 Å². The number of hydrogen-bond donors (Lipinski definition) is 1. The Kier molecular flexibility index (Phi) is 6.52. The van der Waals surface area contributed by atoms with E-state index in [-0.39, 0.29) is 5.91 Å². The van der Waals surface area contributed by atoms with Gasteiger partial charge in [0, 0.05) is 49.4 Å². The fourth-order valence-electron chi connectivity index (χ4n) is 4.42. The first-order chi connectivity index (χ1) is 17.1. The van der Waals surface area contributed by atoms with Crippen molar-refractivity contribution < 1.29 is 23.7 Å². The predicted octanol–water partition coefficient (Wildman–Crippen LogP) is 3.88. The molecule has 0 aliphatic carbocycles. The zero-order chi connectivity index (χ0) is 24.3. The lowest BCUT2D eigenvalue weighted by Gasteiger charge is -2.37. The molecule has 2 saturated heterocycles. The molecule has 1 spiro atoms. The third kappa shape index (κ3) is 4.78. The quantitative estimate of drug-likeness (QED) is 0.573. The van der Waals surface area contributed by atoms with Crippen LogP contribution in [0.2, 0.25) is 0 Å². The van der Waals surface area contributed by atoms with Gasteiger partial charge in [-0.05, 0) is 12.1 Å². The fraction of sp³-hybridized carbons (Fsp3) is 0.346. The highest BCUT2D eigenvalue weighted by Crippen LogP contribution is 2.34. The summed E-state index contributed by atoms with van der Waals surface area (Å²) in [4.78, 5) is 24.6. The van der Waals surface area contributed by atoms with Gasteiger partial charge in [0.2, 0.25) is 0 Å². The van der Waals surface area contributed by atoms with Gasteiger partial charge in [0.25, 0.3) is 5.91 Å². The van der Waals surface area contributed by atoms with Crippen molar-refractivity contribution in [3.63, 3.8) is 0 Å². The molecule has 1 aromatic heterocycles. The molecule has 0 radical (unpaired) electrons. The number of piperidine rings is 1. The Morgan fingerprint density at radius 3 is 2.40 bits per heavy atom. The van der Waals surface area contributed by atoms with Gasteiger partial charge < -0.3 is 29.2 Å². The van der Waals surface area contributed by atoms with E-state index in [1.165, 1.54) is 0 Å². The van der Waals surface area contributed by atoms with E-state index < -0.39 is 5.79 Å². The lowest BCUT2D eigenvalue weighted by Crippen LogP contribution is -2.47. The first-order valence-electron chi connectivity index (χ1n) is 11.6. The second-order valence-corrected chi connectivity index (χ2v) is 8.42. The normalized spacial score (nSPS) is 16.8. The highest BCUT2D eigenvalue weighted by molar-refractivity contribution is 5.99. The molecule has 0 unspecified atom stereocenters. The summed E-state index contributed by atoms with van der Waals surface area (Å²) in [5, 5.41) is 3.29. The van der Waals surface area contributed by atoms with Crippen LogP contribution in [0.5, 0.6) is 11.5 Å². The van der Waals surface area contributed by atoms with Crippen molar-refractivity contribution in [2.75, 3.05) is 45.8 Å². The summed E-state index contributed by atoms with van der Waals surface area (Å²) in [6.45, 7) is 2.27. The van der Waals surface area contributed by atoms with Crippen molar-refractivity contribution in [3.05, 3.63) is 60.3 Å². The Morgan fingerprint density at radius 1 is 1.00 bits per heavy atom. The molecule has 0 saturated carbocycles. The summed E-state index contributed by atoms with van der Waals surface area (Å²) < 4.78 is 22.4. The minimum absolute atomic E-state index is 0.138. The van der Waals surface area contributed by atoms with Crippen molar-refractivity contribution in [1.29, 1.82) is 0 Å². The minimum Gasteiger partial charge on any atom is -0.493 e. The summed E-state index contributed by atoms with van der Waals surface area (Å²) >= 11 is 0. The van der Waals surface area contributed by atoms with Gasteiger partial charge in [0.05, 0.1) is 27.4 Å². The Bertz CT molecular complexity index is 1190. The van der Waals surface area contributed by atoms with Crippen LogP contribution in [0, 0.1) is 0 Å². The highest BCUT2D eigenvalue weighted by atomic mass is 16.7. The lowest BCUT2D eigenvalue weighted by atomic mass is 10.0. The summed E-state index contributed by atoms with van der Waals surface area (Å²) in [7, 11) is 3.17. The molecular weight excluding hydrogens is 448 g/mol. The van der Waals surface area contributed by atoms with Crippen LogP contribution in [0.25, 0.3) is 11.4 Å². The minimum atomic E-state index is -0.550. The van der Waals surface area contributed by atoms with E-state index in [1.54, 1.807) is 37.4 Å². The van der Waals surface area contributed by atoms with Crippen LogP contribution in [0.4, 0.5) is 11.5 Å². The SMILES string of the molecule is COc1ccc(Nc2nc(-c3ccccc3)ncc2C(=O)N2CCC3(CC2)OCCO3)cc1OC. The number of anilines is 2. The van der Waals surface area contributed by atoms with Gasteiger partial charge in [-0.2, -0.15) is 0 Å². The van der Waals surface area contributed by atoms with Gasteiger partial charge in [-0.1, -0.05) is 30.3 Å². The van der Waals surface area contributed by atoms with Gasteiger partial charge in [-0.25, -0.2) is 9.97 Å². The van der Waals surface area contributed by atoms with Crippen LogP contribution < -0.4 is 14.8 Å². The number of amides is 1. The van der Waals surface area contributed by atoms with Crippen molar-refractivity contribution in [2.24, 2.45) is 0 Å². The van der Waals surface area contributed by atoms with E-state index in [0.29, 0.717) is 73.5 Å². The van der Waals surface area contributed by atoms with E-state index in [9.17, 15) is 4.79 Å². The summed E-state index contributed by atoms with van der Waals surface area (Å²) in [5.74, 6) is 1.44. The average molecular weight is 477 g/mol. The molecule has 1 N–H and O–H groups in total. The number of benzene rings is 2. The largest absolute Gasteiger partial charge is 0.493 e. The number of aromatic nitrogens is 2. The molecule has 2 fully saturated rings. The number of likely N-dealkylation sites (tertiary alicyclic amines) is 1. The van der Waals surface area contributed by atoms with Gasteiger partial charge in [0.15, 0.2) is 23.1 Å². The Hall–Kier alpha value is -3.69. The van der Waals surface area contributed by atoms with Crippen LogP contribution in [0.1, 0.15) is 23.2 Å². The maximum atomic E-state index is 13.6. The van der Waals surface area contributed by atoms with Crippen LogP contribution in [0.15, 0.2) is 54.7 Å². The molecule has 0 atom stereocenters. The summed E-state index contributed by atoms with van der Waals surface area (Å²) in [6, 6.07) is 15.1. The van der Waals surface area contributed by atoms with Gasteiger partial charge >= 0.3 is 0 Å². The van der Waals surface area contributed by atoms with Crippen molar-refractivity contribution >= 4 is 17.4 Å². The second-order valence-electron chi connectivity index (χ2n) is 8.42. The van der Waals surface area contributed by atoms with Crippen LogP contribution in [-0.2, 0) is 9.47 Å². The van der Waals surface area contributed by atoms with Crippen molar-refractivity contribution in [3.8, 4) is 22.9 Å². The maximum absolute atomic E-state index is 13.6. The molecule has 5 rings (SSSR count). The molecule has 2 aliphatic heterocycles. The number of hydrogen-bond acceptors (Lipinski definition) is 8. The molecule has 182 valence electrons. The molecule has 9 nitrogen and oxygen atoms in total. The van der Waals surface area contributed by atoms with E-state index in [0.717, 1.165) is 5.56 Å². The number of methoxy groups -OCH3 is 2. The Labute approximate surface area is 204 Å². The maximum Gasteiger partial charge on any atom is 0.259 e. The zero-order valence-electron chi connectivity index (χ0n) is 19.8. The molecule has 2 aliphatic rings. The van der Waals surface area contributed by atoms with Crippen molar-refractivity contribution in [2.45, 2.75) is 18.6 Å². The lowest BCUT2D eigenvalue weighted by molar-refractivity contribution is -0.181. The molecule has 2 aromatic carbocycles. The van der Waals surface area contributed by atoms with E-state index in [2.05, 4.69) is 10.3 Å². The second kappa shape index (κ2) is 9.89. The molecule has 0 bridgehead atoms. The predicted molar refractivity (Wildman–Crippen MR) is 130 cm³/mol. The van der Waals surface area contributed by atoms with Crippen LogP contribution in [-0.4, -0.2) is 67.1 Å². The Balaban J connectivity index is 1.45. The first kappa shape index (κ1) is 23.1. The molecule has 3 heterocycles. The fourth-order valence-corrected chi connectivity index (χ4v) is 4.42. The average Bonchev–Trinajstić information content (AvgIpc) is 3.37. The molecule has 1 amide bonds. The molecule has 9 heteroatoms. The van der Waals surface area contributed by atoms with Crippen LogP contribution in [0.3, 0.4) is 0 Å². The molecular formula is C26H28N4O5. The van der Waals surface area contributed by atoms with Gasteiger partial charge in [-0.3, -0.25) is 4.79 Å². The standard InChI is InChI=1S/C26H28N4O5/c1-32-21-9-8-19(16-22(21)33-2)28-24-20(17-27-23(29-24)18-6-4-3-5-7-18)25(31)30-12-10-26(11-13-30)34-14-15-35-26/h3-9,16-17H,10-15H2,1-2H3,(H,27,28,29). The first-order valence-corrected chi connectivity index (χ1v) is 11.6. The zero-order valence-corrected chi connectivity index (χ0v) is 19.8. The number of carbonyl (C=O) groups excluding carboxylic acids is 1. The smallest absolute Gasteiger partial charge is 0.259 e. The third-order valence-corrected chi connectivity index (χ3v) is 6.32. The topological polar surface area (TPSA) is 95.0 Å². The number of rotatable bonds is 6. The number of carbonyl (C=O) groups is 1. The monoisotopic (exact) mass is 476 g/mol. The summed E-state index contributed by atoms with van der Waals surface area (Å²) in [5.41, 5.74) is 1.96. The van der Waals surface area contributed by atoms with E-state index in [1.807, 2.05) is 36.4 Å². The highest BCUT2D eigenvalue weighted by Gasteiger charge is 2.41. The van der Waals surface area contributed by atoms with Crippen molar-refractivity contribution in [1.82, 2.24) is 14.9 Å². The molecule has 35 heavy (non-hydrogen) atoms. The van der Waals surface area contributed by atoms with Gasteiger partial charge in [0.1, 0.15) is 11.4 Å². The van der Waals surface area contributed by atoms with Crippen LogP contribution >= 0.6 is 0 Å². The third-order valence-electron chi connectivity index (χ3n) is 6.32. The Morgan fingerprint density at radius 2 is 1.71 bits per heavy atom. The number of nitrogens with zero attached hydrogens (tertiary/aromatic N) is 3. The van der Waals surface area contributed by atoms with E-state index in [4.69, 9.17) is 23.9 Å².